The maximum Gasteiger partial charge on any atom is 0.276 e. The van der Waals surface area contributed by atoms with E-state index in [0.717, 1.165) is 53.2 Å². The van der Waals surface area contributed by atoms with E-state index in [2.05, 4.69) is 45.4 Å². The first-order chi connectivity index (χ1) is 19.6. The lowest BCUT2D eigenvalue weighted by Gasteiger charge is -2.24. The quantitative estimate of drug-likeness (QED) is 0.242. The number of para-hydroxylation sites is 1. The lowest BCUT2D eigenvalue weighted by molar-refractivity contribution is 0.101. The molecule has 6 aromatic rings. The van der Waals surface area contributed by atoms with Crippen LogP contribution in [0.15, 0.2) is 67.1 Å². The molecular weight excluding hydrogens is 526 g/mol. The molecule has 1 aliphatic heterocycles. The van der Waals surface area contributed by atoms with E-state index >= 15 is 0 Å². The number of nitrogens with one attached hydrogen (secondary N) is 4. The molecule has 1 aliphatic rings. The number of imidazole rings is 2. The normalized spacial score (nSPS) is 13.4. The molecule has 198 valence electrons. The van der Waals surface area contributed by atoms with Crippen molar-refractivity contribution in [2.45, 2.75) is 19.5 Å². The van der Waals surface area contributed by atoms with Crippen molar-refractivity contribution < 1.29 is 9.59 Å². The first-order valence-corrected chi connectivity index (χ1v) is 13.6. The fraction of sp³-hybridized carbons (Fsp3) is 0.143. The third kappa shape index (κ3) is 4.70. The topological polar surface area (TPSA) is 145 Å². The summed E-state index contributed by atoms with van der Waals surface area (Å²) in [4.78, 5) is 53.6. The molecule has 12 heteroatoms. The number of aromatic nitrogens is 6. The molecule has 2 aromatic carbocycles. The van der Waals surface area contributed by atoms with Gasteiger partial charge in [0, 0.05) is 48.4 Å². The molecule has 4 N–H and O–H groups in total. The van der Waals surface area contributed by atoms with Crippen molar-refractivity contribution in [1.82, 2.24) is 34.8 Å². The number of rotatable bonds is 6. The second-order valence-corrected chi connectivity index (χ2v) is 10.6. The number of hydrogen-bond donors (Lipinski definition) is 4. The molecule has 0 spiro atoms. The number of aromatic amines is 2. The van der Waals surface area contributed by atoms with Crippen molar-refractivity contribution in [3.8, 4) is 0 Å². The molecule has 40 heavy (non-hydrogen) atoms. The summed E-state index contributed by atoms with van der Waals surface area (Å²) in [5, 5.41) is 8.12. The van der Waals surface area contributed by atoms with E-state index in [1.807, 2.05) is 30.5 Å². The maximum atomic E-state index is 13.3. The molecule has 11 nitrogen and oxygen atoms in total. The van der Waals surface area contributed by atoms with Gasteiger partial charge in [-0.15, -0.1) is 11.3 Å². The Bertz CT molecular complexity index is 1880. The van der Waals surface area contributed by atoms with Crippen molar-refractivity contribution in [3.63, 3.8) is 0 Å². The maximum absolute atomic E-state index is 13.3. The third-order valence-electron chi connectivity index (χ3n) is 6.81. The van der Waals surface area contributed by atoms with Gasteiger partial charge < -0.3 is 9.97 Å². The average Bonchev–Trinajstić information content (AvgIpc) is 3.72. The highest BCUT2D eigenvalue weighted by Gasteiger charge is 2.23. The Morgan fingerprint density at radius 3 is 2.77 bits per heavy atom. The number of thiazole rings is 1. The predicted molar refractivity (Wildman–Crippen MR) is 152 cm³/mol. The minimum Gasteiger partial charge on any atom is -0.348 e. The minimum absolute atomic E-state index is 0.233. The Kier molecular flexibility index (Phi) is 6.02. The summed E-state index contributed by atoms with van der Waals surface area (Å²) in [5.74, 6) is 0.448. The number of amides is 2. The van der Waals surface area contributed by atoms with E-state index in [9.17, 15) is 9.59 Å². The predicted octanol–water partition coefficient (Wildman–Crippen LogP) is 4.35. The molecule has 0 saturated heterocycles. The first-order valence-electron chi connectivity index (χ1n) is 12.7. The lowest BCUT2D eigenvalue weighted by atomic mass is 10.1. The van der Waals surface area contributed by atoms with Crippen LogP contribution < -0.4 is 10.6 Å². The Hall–Kier alpha value is -4.94. The zero-order valence-electron chi connectivity index (χ0n) is 21.1. The smallest absolute Gasteiger partial charge is 0.276 e. The van der Waals surface area contributed by atoms with Gasteiger partial charge in [-0.1, -0.05) is 30.3 Å². The molecular formula is C28H23N9O2S. The van der Waals surface area contributed by atoms with Crippen LogP contribution in [0.5, 0.6) is 0 Å². The number of nitrogens with zero attached hydrogens (tertiary/aromatic N) is 5. The van der Waals surface area contributed by atoms with E-state index < -0.39 is 5.91 Å². The summed E-state index contributed by atoms with van der Waals surface area (Å²) in [7, 11) is 0. The SMILES string of the molecule is O=C(Nc1nc2c(C(=O)Nc3nc4c(s3)CN(Cc3ncc[nH]3)CC4)cccc2[nH]1)c1cc2ccccc2cn1. The number of carbonyl (C=O) groups excluding carboxylic acids is 2. The van der Waals surface area contributed by atoms with Crippen molar-refractivity contribution in [3.05, 3.63) is 94.8 Å². The van der Waals surface area contributed by atoms with Crippen LogP contribution in [0.4, 0.5) is 11.1 Å². The van der Waals surface area contributed by atoms with Gasteiger partial charge in [0.25, 0.3) is 11.8 Å². The summed E-state index contributed by atoms with van der Waals surface area (Å²) >= 11 is 1.48. The standard InChI is InChI=1S/C28H23N9O2S/c38-25(36-28-33-19-8-11-37(14-22(19)40-28)15-23-29-9-10-30-23)18-6-3-7-20-24(18)34-27(32-20)35-26(39)21-12-16-4-1-2-5-17(16)13-31-21/h1-7,9-10,12-13H,8,11,14-15H2,(H,29,30)(H,33,36,38)(H2,32,34,35,39). The van der Waals surface area contributed by atoms with Crippen LogP contribution in [-0.4, -0.2) is 53.2 Å². The highest BCUT2D eigenvalue weighted by Crippen LogP contribution is 2.30. The summed E-state index contributed by atoms with van der Waals surface area (Å²) in [5.41, 5.74) is 2.74. The van der Waals surface area contributed by atoms with E-state index in [1.165, 1.54) is 11.3 Å². The molecule has 0 saturated carbocycles. The van der Waals surface area contributed by atoms with Crippen LogP contribution in [0.3, 0.4) is 0 Å². The van der Waals surface area contributed by atoms with E-state index in [-0.39, 0.29) is 17.5 Å². The van der Waals surface area contributed by atoms with Crippen molar-refractivity contribution in [1.29, 1.82) is 0 Å². The second kappa shape index (κ2) is 9.98. The van der Waals surface area contributed by atoms with Crippen molar-refractivity contribution in [2.75, 3.05) is 17.2 Å². The molecule has 0 radical (unpaired) electrons. The number of H-pyrrole nitrogens is 2. The van der Waals surface area contributed by atoms with E-state index in [0.29, 0.717) is 21.7 Å². The Morgan fingerprint density at radius 1 is 1.00 bits per heavy atom. The number of benzene rings is 2. The molecule has 5 heterocycles. The fourth-order valence-corrected chi connectivity index (χ4v) is 5.90. The van der Waals surface area contributed by atoms with Gasteiger partial charge in [-0.05, 0) is 23.6 Å². The van der Waals surface area contributed by atoms with Crippen LogP contribution in [0.25, 0.3) is 21.8 Å². The van der Waals surface area contributed by atoms with Crippen LogP contribution in [0, 0.1) is 0 Å². The second-order valence-electron chi connectivity index (χ2n) is 9.50. The van der Waals surface area contributed by atoms with Gasteiger partial charge in [0.2, 0.25) is 5.95 Å². The van der Waals surface area contributed by atoms with E-state index in [1.54, 1.807) is 36.7 Å². The van der Waals surface area contributed by atoms with Crippen LogP contribution in [0.2, 0.25) is 0 Å². The minimum atomic E-state index is -0.398. The van der Waals surface area contributed by atoms with Crippen molar-refractivity contribution >= 4 is 56.0 Å². The number of anilines is 2. The third-order valence-corrected chi connectivity index (χ3v) is 7.81. The number of carbonyl (C=O) groups is 2. The molecule has 7 rings (SSSR count). The van der Waals surface area contributed by atoms with Gasteiger partial charge in [0.1, 0.15) is 17.0 Å². The molecule has 4 aromatic heterocycles. The zero-order chi connectivity index (χ0) is 27.1. The van der Waals surface area contributed by atoms with Crippen LogP contribution in [-0.2, 0) is 19.5 Å². The van der Waals surface area contributed by atoms with Crippen LogP contribution >= 0.6 is 11.3 Å². The average molecular weight is 550 g/mol. The Balaban J connectivity index is 1.07. The molecule has 0 bridgehead atoms. The zero-order valence-corrected chi connectivity index (χ0v) is 22.0. The molecule has 0 unspecified atom stereocenters. The number of pyridine rings is 1. The van der Waals surface area contributed by atoms with Gasteiger partial charge in [-0.2, -0.15) is 0 Å². The van der Waals surface area contributed by atoms with Gasteiger partial charge in [0.05, 0.1) is 23.3 Å². The monoisotopic (exact) mass is 549 g/mol. The highest BCUT2D eigenvalue weighted by atomic mass is 32.1. The summed E-state index contributed by atoms with van der Waals surface area (Å²) in [6.07, 6.45) is 6.05. The summed E-state index contributed by atoms with van der Waals surface area (Å²) in [6.45, 7) is 2.37. The van der Waals surface area contributed by atoms with Gasteiger partial charge in [-0.3, -0.25) is 30.1 Å². The number of fused-ring (bicyclic) bond motifs is 3. The summed E-state index contributed by atoms with van der Waals surface area (Å²) < 4.78 is 0. The van der Waals surface area contributed by atoms with Gasteiger partial charge in [-0.25, -0.2) is 15.0 Å². The Morgan fingerprint density at radius 2 is 1.90 bits per heavy atom. The van der Waals surface area contributed by atoms with E-state index in [4.69, 9.17) is 0 Å². The van der Waals surface area contributed by atoms with Gasteiger partial charge >= 0.3 is 0 Å². The Labute approximate surface area is 231 Å². The molecule has 0 atom stereocenters. The lowest BCUT2D eigenvalue weighted by Crippen LogP contribution is -2.29. The molecule has 2 amide bonds. The number of hydrogen-bond acceptors (Lipinski definition) is 8. The fourth-order valence-electron chi connectivity index (χ4n) is 4.85. The first kappa shape index (κ1) is 24.1. The summed E-state index contributed by atoms with van der Waals surface area (Å²) in [6, 6.07) is 14.7. The molecule has 0 fully saturated rings. The molecule has 0 aliphatic carbocycles. The van der Waals surface area contributed by atoms with Crippen molar-refractivity contribution in [2.24, 2.45) is 0 Å². The van der Waals surface area contributed by atoms with Crippen LogP contribution in [0.1, 0.15) is 37.2 Å². The van der Waals surface area contributed by atoms with Gasteiger partial charge in [0.15, 0.2) is 5.13 Å². The largest absolute Gasteiger partial charge is 0.348 e. The highest BCUT2D eigenvalue weighted by molar-refractivity contribution is 7.15.